The largest absolute Gasteiger partial charge is 0.342 e. The Bertz CT molecular complexity index is 516. The summed E-state index contributed by atoms with van der Waals surface area (Å²) in [6.07, 6.45) is 0. The number of fused-ring (bicyclic) bond motifs is 1. The molecule has 0 aliphatic heterocycles. The molecule has 1 heterocycles. The lowest BCUT2D eigenvalue weighted by molar-refractivity contribution is 0.491. The van der Waals surface area contributed by atoms with Crippen molar-refractivity contribution in [3.05, 3.63) is 29.6 Å². The monoisotopic (exact) mass is 249 g/mol. The van der Waals surface area contributed by atoms with E-state index in [-0.39, 0.29) is 5.41 Å². The van der Waals surface area contributed by atoms with Crippen LogP contribution in [0.4, 0.5) is 0 Å². The number of aromatic nitrogens is 2. The summed E-state index contributed by atoms with van der Waals surface area (Å²) >= 11 is 4.18. The van der Waals surface area contributed by atoms with Crippen molar-refractivity contribution < 1.29 is 0 Å². The molecule has 2 rings (SSSR count). The van der Waals surface area contributed by atoms with Gasteiger partial charge in [-0.3, -0.25) is 0 Å². The van der Waals surface area contributed by atoms with E-state index in [4.69, 9.17) is 0 Å². The maximum Gasteiger partial charge on any atom is 0.104 e. The predicted molar refractivity (Wildman–Crippen MR) is 75.7 cm³/mol. The summed E-state index contributed by atoms with van der Waals surface area (Å²) in [7, 11) is 0. The molecule has 0 aliphatic rings. The van der Waals surface area contributed by atoms with Gasteiger partial charge in [0, 0.05) is 17.8 Å². The van der Waals surface area contributed by atoms with Crippen LogP contribution in [0.2, 0.25) is 0 Å². The highest BCUT2D eigenvalue weighted by Gasteiger charge is 2.20. The summed E-state index contributed by atoms with van der Waals surface area (Å²) in [5.74, 6) is 1.66. The van der Waals surface area contributed by atoms with Crippen LogP contribution in [0.15, 0.2) is 18.2 Å². The lowest BCUT2D eigenvalue weighted by Crippen LogP contribution is -2.32. The molecule has 92 valence electrons. The number of imidazole rings is 1. The Balaban J connectivity index is 2.34. The zero-order valence-electron chi connectivity index (χ0n) is 10.5. The molecule has 1 aromatic carbocycles. The third kappa shape index (κ3) is 2.64. The second-order valence-corrected chi connectivity index (χ2v) is 5.34. The molecule has 0 fully saturated rings. The summed E-state index contributed by atoms with van der Waals surface area (Å²) in [6, 6.07) is 6.43. The molecule has 0 spiro atoms. The van der Waals surface area contributed by atoms with Gasteiger partial charge in [-0.25, -0.2) is 4.98 Å². The number of nitrogens with zero attached hydrogens (tertiary/aromatic N) is 1. The summed E-state index contributed by atoms with van der Waals surface area (Å²) in [5.41, 5.74) is 3.54. The molecule has 3 nitrogen and oxygen atoms in total. The van der Waals surface area contributed by atoms with Crippen molar-refractivity contribution in [1.82, 2.24) is 15.3 Å². The second kappa shape index (κ2) is 4.70. The number of H-pyrrole nitrogens is 1. The summed E-state index contributed by atoms with van der Waals surface area (Å²) in [4.78, 5) is 7.70. The van der Waals surface area contributed by atoms with Gasteiger partial charge in [0.05, 0.1) is 11.0 Å². The maximum atomic E-state index is 4.42. The molecule has 2 aromatic rings. The average molecular weight is 249 g/mol. The highest BCUT2D eigenvalue weighted by Crippen LogP contribution is 2.25. The molecule has 0 radical (unpaired) electrons. The highest BCUT2D eigenvalue weighted by molar-refractivity contribution is 7.80. The number of rotatable bonds is 4. The van der Waals surface area contributed by atoms with E-state index in [9.17, 15) is 0 Å². The molecular weight excluding hydrogens is 230 g/mol. The first-order chi connectivity index (χ1) is 8.03. The fourth-order valence-corrected chi connectivity index (χ4v) is 2.14. The number of thiol groups is 1. The van der Waals surface area contributed by atoms with E-state index >= 15 is 0 Å². The van der Waals surface area contributed by atoms with E-state index in [0.29, 0.717) is 5.88 Å². The Morgan fingerprint density at radius 2 is 2.18 bits per heavy atom. The Kier molecular flexibility index (Phi) is 3.45. The summed E-state index contributed by atoms with van der Waals surface area (Å²) in [5, 5.41) is 3.28. The smallest absolute Gasteiger partial charge is 0.104 e. The van der Waals surface area contributed by atoms with Gasteiger partial charge in [0.1, 0.15) is 5.82 Å². The first-order valence-corrected chi connectivity index (χ1v) is 6.44. The van der Waals surface area contributed by atoms with E-state index in [1.807, 2.05) is 6.92 Å². The third-order valence-corrected chi connectivity index (χ3v) is 3.28. The molecule has 0 amide bonds. The van der Waals surface area contributed by atoms with Gasteiger partial charge in [-0.2, -0.15) is 12.6 Å². The molecule has 1 aromatic heterocycles. The van der Waals surface area contributed by atoms with Crippen LogP contribution in [-0.4, -0.2) is 22.4 Å². The van der Waals surface area contributed by atoms with E-state index < -0.39 is 0 Å². The van der Waals surface area contributed by atoms with Crippen LogP contribution in [0.25, 0.3) is 11.0 Å². The molecular formula is C13H19N3S. The van der Waals surface area contributed by atoms with Crippen LogP contribution in [0.1, 0.15) is 25.2 Å². The van der Waals surface area contributed by atoms with Crippen LogP contribution in [0, 0.1) is 6.92 Å². The van der Waals surface area contributed by atoms with Gasteiger partial charge >= 0.3 is 0 Å². The lowest BCUT2D eigenvalue weighted by Gasteiger charge is -2.25. The minimum Gasteiger partial charge on any atom is -0.342 e. The van der Waals surface area contributed by atoms with Crippen molar-refractivity contribution in [2.24, 2.45) is 0 Å². The van der Waals surface area contributed by atoms with Crippen molar-refractivity contribution >= 4 is 23.7 Å². The molecule has 0 unspecified atom stereocenters. The van der Waals surface area contributed by atoms with Crippen LogP contribution < -0.4 is 5.32 Å². The summed E-state index contributed by atoms with van der Waals surface area (Å²) in [6.45, 7) is 7.35. The van der Waals surface area contributed by atoms with Crippen LogP contribution in [0.5, 0.6) is 0 Å². The van der Waals surface area contributed by atoms with Crippen molar-refractivity contribution in [3.8, 4) is 0 Å². The SMILES string of the molecule is Cc1nc2ccc(C(C)(C)CNCS)cc2[nH]1. The number of aromatic amines is 1. The van der Waals surface area contributed by atoms with Gasteiger partial charge in [0.2, 0.25) is 0 Å². The van der Waals surface area contributed by atoms with Gasteiger partial charge < -0.3 is 10.3 Å². The quantitative estimate of drug-likeness (QED) is 0.576. The first kappa shape index (κ1) is 12.5. The second-order valence-electron chi connectivity index (χ2n) is 5.02. The topological polar surface area (TPSA) is 40.7 Å². The fraction of sp³-hybridized carbons (Fsp3) is 0.462. The minimum absolute atomic E-state index is 0.0932. The van der Waals surface area contributed by atoms with Crippen molar-refractivity contribution in [2.45, 2.75) is 26.2 Å². The molecule has 2 N–H and O–H groups in total. The number of aryl methyl sites for hydroxylation is 1. The fourth-order valence-electron chi connectivity index (χ4n) is 2.03. The van der Waals surface area contributed by atoms with Gasteiger partial charge in [-0.1, -0.05) is 19.9 Å². The van der Waals surface area contributed by atoms with Crippen molar-refractivity contribution in [3.63, 3.8) is 0 Å². The minimum atomic E-state index is 0.0932. The normalized spacial score (nSPS) is 12.2. The van der Waals surface area contributed by atoms with Gasteiger partial charge in [0.25, 0.3) is 0 Å². The zero-order chi connectivity index (χ0) is 12.5. The third-order valence-electron chi connectivity index (χ3n) is 3.06. The number of hydrogen-bond donors (Lipinski definition) is 3. The standard InChI is InChI=1S/C13H19N3S/c1-9-15-11-5-4-10(6-12(11)16-9)13(2,3)7-14-8-17/h4-6,14,17H,7-8H2,1-3H3,(H,15,16). The van der Waals surface area contributed by atoms with Gasteiger partial charge in [0.15, 0.2) is 0 Å². The van der Waals surface area contributed by atoms with E-state index in [0.717, 1.165) is 23.4 Å². The first-order valence-electron chi connectivity index (χ1n) is 5.81. The maximum absolute atomic E-state index is 4.42. The Hall–Kier alpha value is -1.00. The highest BCUT2D eigenvalue weighted by atomic mass is 32.1. The summed E-state index contributed by atoms with van der Waals surface area (Å²) < 4.78 is 0. The van der Waals surface area contributed by atoms with E-state index in [2.05, 4.69) is 60.0 Å². The molecule has 0 aliphatic carbocycles. The molecule has 0 saturated carbocycles. The zero-order valence-corrected chi connectivity index (χ0v) is 11.4. The van der Waals surface area contributed by atoms with Crippen LogP contribution in [0.3, 0.4) is 0 Å². The predicted octanol–water partition coefficient (Wildman–Crippen LogP) is 2.63. The van der Waals surface area contributed by atoms with Crippen molar-refractivity contribution in [1.29, 1.82) is 0 Å². The molecule has 0 bridgehead atoms. The lowest BCUT2D eigenvalue weighted by atomic mass is 9.84. The van der Waals surface area contributed by atoms with Gasteiger partial charge in [-0.05, 0) is 24.6 Å². The Morgan fingerprint density at radius 1 is 1.41 bits per heavy atom. The molecule has 4 heteroatoms. The van der Waals surface area contributed by atoms with E-state index in [1.165, 1.54) is 5.56 Å². The number of benzene rings is 1. The van der Waals surface area contributed by atoms with Crippen LogP contribution >= 0.6 is 12.6 Å². The van der Waals surface area contributed by atoms with Crippen molar-refractivity contribution in [2.75, 3.05) is 12.4 Å². The Labute approximate surface area is 107 Å². The van der Waals surface area contributed by atoms with E-state index in [1.54, 1.807) is 0 Å². The van der Waals surface area contributed by atoms with Crippen LogP contribution in [-0.2, 0) is 5.41 Å². The number of nitrogens with one attached hydrogen (secondary N) is 2. The average Bonchev–Trinajstić information content (AvgIpc) is 2.65. The van der Waals surface area contributed by atoms with Gasteiger partial charge in [-0.15, -0.1) is 0 Å². The Morgan fingerprint density at radius 3 is 2.88 bits per heavy atom. The number of hydrogen-bond acceptors (Lipinski definition) is 3. The molecule has 17 heavy (non-hydrogen) atoms. The molecule has 0 saturated heterocycles. The molecule has 0 atom stereocenters.